The van der Waals surface area contributed by atoms with Crippen molar-refractivity contribution in [2.24, 2.45) is 0 Å². The number of rotatable bonds is 4. The van der Waals surface area contributed by atoms with Crippen LogP contribution in [0.15, 0.2) is 53.7 Å². The third-order valence-electron chi connectivity index (χ3n) is 3.24. The molecule has 3 rings (SSSR count). The molecule has 0 aliphatic rings. The highest BCUT2D eigenvalue weighted by atomic mass is 32.2. The van der Waals surface area contributed by atoms with Gasteiger partial charge in [0.25, 0.3) is 0 Å². The van der Waals surface area contributed by atoms with Crippen LogP contribution in [0.25, 0.3) is 5.69 Å². The van der Waals surface area contributed by atoms with Crippen molar-refractivity contribution < 1.29 is 12.6 Å². The van der Waals surface area contributed by atoms with Crippen molar-refractivity contribution in [3.05, 3.63) is 59.9 Å². The Balaban J connectivity index is 1.93. The average molecular weight is 330 g/mol. The maximum Gasteiger partial charge on any atom is 0.339 e. The molecule has 0 unspecified atom stereocenters. The third-order valence-corrected chi connectivity index (χ3v) is 4.65. The molecule has 0 aliphatic carbocycles. The number of nitrogens with zero attached hydrogens (tertiary/aromatic N) is 4. The maximum absolute atomic E-state index is 12.5. The molecule has 1 heterocycles. The molecule has 1 aromatic heterocycles. The van der Waals surface area contributed by atoms with Gasteiger partial charge in [0.2, 0.25) is 0 Å². The third kappa shape index (κ3) is 3.21. The van der Waals surface area contributed by atoms with Crippen LogP contribution in [0.4, 0.5) is 0 Å². The molecule has 7 nitrogen and oxygen atoms in total. The molecule has 0 radical (unpaired) electrons. The molecule has 0 bridgehead atoms. The van der Waals surface area contributed by atoms with E-state index < -0.39 is 10.1 Å². The molecule has 2 aromatic carbocycles. The van der Waals surface area contributed by atoms with Crippen LogP contribution >= 0.6 is 0 Å². The topological polar surface area (TPSA) is 87.0 Å². The highest BCUT2D eigenvalue weighted by Gasteiger charge is 2.19. The fourth-order valence-corrected chi connectivity index (χ4v) is 3.34. The van der Waals surface area contributed by atoms with E-state index in [0.29, 0.717) is 11.3 Å². The van der Waals surface area contributed by atoms with Gasteiger partial charge in [-0.05, 0) is 48.0 Å². The summed E-state index contributed by atoms with van der Waals surface area (Å²) in [6.45, 7) is 3.64. The molecule has 0 fully saturated rings. The molecule has 8 heteroatoms. The SMILES string of the molecule is Cc1ccc(S(=O)(=O)Oc2cccc(-n3cnnn3)c2)c(C)c1. The number of benzene rings is 2. The highest BCUT2D eigenvalue weighted by molar-refractivity contribution is 7.87. The Kier molecular flexibility index (Phi) is 3.83. The van der Waals surface area contributed by atoms with E-state index in [1.54, 1.807) is 49.4 Å². The summed E-state index contributed by atoms with van der Waals surface area (Å²) in [5.74, 6) is 0.193. The molecule has 0 N–H and O–H groups in total. The predicted octanol–water partition coefficient (Wildman–Crippen LogP) is 2.05. The Bertz CT molecular complexity index is 937. The van der Waals surface area contributed by atoms with E-state index in [9.17, 15) is 8.42 Å². The minimum Gasteiger partial charge on any atom is -0.379 e. The Morgan fingerprint density at radius 2 is 1.91 bits per heavy atom. The first kappa shape index (κ1) is 15.2. The van der Waals surface area contributed by atoms with Gasteiger partial charge in [-0.3, -0.25) is 0 Å². The first-order valence-corrected chi connectivity index (χ1v) is 8.22. The van der Waals surface area contributed by atoms with Crippen LogP contribution in [0.2, 0.25) is 0 Å². The lowest BCUT2D eigenvalue weighted by atomic mass is 10.2. The van der Waals surface area contributed by atoms with Crippen molar-refractivity contribution in [1.82, 2.24) is 20.2 Å². The predicted molar refractivity (Wildman–Crippen MR) is 82.9 cm³/mol. The van der Waals surface area contributed by atoms with E-state index in [2.05, 4.69) is 15.5 Å². The van der Waals surface area contributed by atoms with Crippen molar-refractivity contribution >= 4 is 10.1 Å². The number of hydrogen-bond acceptors (Lipinski definition) is 6. The summed E-state index contributed by atoms with van der Waals surface area (Å²) in [6, 6.07) is 11.6. The van der Waals surface area contributed by atoms with Gasteiger partial charge in [0.05, 0.1) is 5.69 Å². The van der Waals surface area contributed by atoms with E-state index in [0.717, 1.165) is 5.56 Å². The minimum absolute atomic E-state index is 0.149. The number of tetrazole rings is 1. The zero-order valence-corrected chi connectivity index (χ0v) is 13.4. The number of aromatic nitrogens is 4. The lowest BCUT2D eigenvalue weighted by Crippen LogP contribution is -2.11. The summed E-state index contributed by atoms with van der Waals surface area (Å²) in [7, 11) is -3.91. The van der Waals surface area contributed by atoms with E-state index in [4.69, 9.17) is 4.18 Å². The average Bonchev–Trinajstić information content (AvgIpc) is 3.00. The Hall–Kier alpha value is -2.74. The van der Waals surface area contributed by atoms with Crippen molar-refractivity contribution in [3.63, 3.8) is 0 Å². The van der Waals surface area contributed by atoms with Crippen molar-refractivity contribution in [2.45, 2.75) is 18.7 Å². The molecule has 0 saturated carbocycles. The second-order valence-electron chi connectivity index (χ2n) is 5.06. The van der Waals surface area contributed by atoms with Gasteiger partial charge in [-0.1, -0.05) is 23.8 Å². The van der Waals surface area contributed by atoms with Gasteiger partial charge in [-0.2, -0.15) is 8.42 Å². The number of hydrogen-bond donors (Lipinski definition) is 0. The van der Waals surface area contributed by atoms with Crippen LogP contribution in [0.1, 0.15) is 11.1 Å². The van der Waals surface area contributed by atoms with E-state index in [1.165, 1.54) is 11.0 Å². The fraction of sp³-hybridized carbons (Fsp3) is 0.133. The van der Waals surface area contributed by atoms with E-state index in [1.807, 2.05) is 6.92 Å². The smallest absolute Gasteiger partial charge is 0.339 e. The quantitative estimate of drug-likeness (QED) is 0.680. The van der Waals surface area contributed by atoms with Crippen molar-refractivity contribution in [1.29, 1.82) is 0 Å². The second kappa shape index (κ2) is 5.81. The van der Waals surface area contributed by atoms with E-state index in [-0.39, 0.29) is 10.6 Å². The van der Waals surface area contributed by atoms with Gasteiger partial charge in [-0.15, -0.1) is 5.10 Å². The fourth-order valence-electron chi connectivity index (χ4n) is 2.21. The Labute approximate surface area is 133 Å². The van der Waals surface area contributed by atoms with Gasteiger partial charge in [0.1, 0.15) is 17.0 Å². The lowest BCUT2D eigenvalue weighted by molar-refractivity contribution is 0.485. The van der Waals surface area contributed by atoms with Crippen LogP contribution < -0.4 is 4.18 Å². The normalized spacial score (nSPS) is 11.4. The Morgan fingerprint density at radius 3 is 2.61 bits per heavy atom. The molecule has 0 spiro atoms. The van der Waals surface area contributed by atoms with Crippen LogP contribution in [0, 0.1) is 13.8 Å². The standard InChI is InChI=1S/C15H14N4O3S/c1-11-6-7-15(12(2)8-11)23(20,21)22-14-5-3-4-13(9-14)19-10-16-17-18-19/h3-10H,1-2H3. The summed E-state index contributed by atoms with van der Waals surface area (Å²) in [6.07, 6.45) is 1.41. The van der Waals surface area contributed by atoms with Crippen LogP contribution in [-0.2, 0) is 10.1 Å². The summed E-state index contributed by atoms with van der Waals surface area (Å²) in [5, 5.41) is 10.8. The summed E-state index contributed by atoms with van der Waals surface area (Å²) < 4.78 is 31.6. The zero-order chi connectivity index (χ0) is 16.4. The molecular weight excluding hydrogens is 316 g/mol. The van der Waals surface area contributed by atoms with Gasteiger partial charge in [0.15, 0.2) is 0 Å². The van der Waals surface area contributed by atoms with Gasteiger partial charge >= 0.3 is 10.1 Å². The molecule has 0 aliphatic heterocycles. The molecule has 0 saturated heterocycles. The number of aryl methyl sites for hydroxylation is 2. The van der Waals surface area contributed by atoms with Crippen LogP contribution in [0.3, 0.4) is 0 Å². The molecule has 23 heavy (non-hydrogen) atoms. The van der Waals surface area contributed by atoms with Crippen molar-refractivity contribution in [2.75, 3.05) is 0 Å². The first-order chi connectivity index (χ1) is 11.0. The molecular formula is C15H14N4O3S. The molecule has 0 amide bonds. The zero-order valence-electron chi connectivity index (χ0n) is 12.5. The summed E-state index contributed by atoms with van der Waals surface area (Å²) >= 11 is 0. The van der Waals surface area contributed by atoms with Gasteiger partial charge < -0.3 is 4.18 Å². The summed E-state index contributed by atoms with van der Waals surface area (Å²) in [4.78, 5) is 0.149. The molecule has 3 aromatic rings. The lowest BCUT2D eigenvalue weighted by Gasteiger charge is -2.10. The van der Waals surface area contributed by atoms with Gasteiger partial charge in [0, 0.05) is 6.07 Å². The van der Waals surface area contributed by atoms with Crippen LogP contribution in [0.5, 0.6) is 5.75 Å². The largest absolute Gasteiger partial charge is 0.379 e. The molecule has 118 valence electrons. The highest BCUT2D eigenvalue weighted by Crippen LogP contribution is 2.23. The Morgan fingerprint density at radius 1 is 1.09 bits per heavy atom. The van der Waals surface area contributed by atoms with Crippen LogP contribution in [-0.4, -0.2) is 28.6 Å². The van der Waals surface area contributed by atoms with E-state index >= 15 is 0 Å². The molecule has 0 atom stereocenters. The monoisotopic (exact) mass is 330 g/mol. The minimum atomic E-state index is -3.91. The maximum atomic E-state index is 12.5. The summed E-state index contributed by atoms with van der Waals surface area (Å²) in [5.41, 5.74) is 2.23. The second-order valence-corrected chi connectivity index (χ2v) is 6.57. The van der Waals surface area contributed by atoms with Crippen molar-refractivity contribution in [3.8, 4) is 11.4 Å². The van der Waals surface area contributed by atoms with Gasteiger partial charge in [-0.25, -0.2) is 4.68 Å². The first-order valence-electron chi connectivity index (χ1n) is 6.81.